The number of anilines is 1. The fraction of sp³-hybridized carbons (Fsp3) is 0.312. The van der Waals surface area contributed by atoms with Crippen LogP contribution in [-0.2, 0) is 11.3 Å². The van der Waals surface area contributed by atoms with Crippen LogP contribution in [0, 0.1) is 10.1 Å². The number of benzene rings is 1. The van der Waals surface area contributed by atoms with Crippen LogP contribution in [0.1, 0.15) is 17.7 Å². The highest BCUT2D eigenvalue weighted by molar-refractivity contribution is 9.10. The van der Waals surface area contributed by atoms with Crippen molar-refractivity contribution in [2.75, 3.05) is 18.9 Å². The number of hydrogen-bond donors (Lipinski definition) is 1. The summed E-state index contributed by atoms with van der Waals surface area (Å²) in [5, 5.41) is 15.7. The standard InChI is InChI=1S/C16H18BrN3O3S/c1-19(10-15-9-12(17)11-24-15)16(21)3-2-8-18-13-4-6-14(7-5-13)20(22)23/h4-7,9,11,18H,2-3,8,10H2,1H3. The molecule has 1 N–H and O–H groups in total. The summed E-state index contributed by atoms with van der Waals surface area (Å²) in [6.07, 6.45) is 1.16. The minimum atomic E-state index is -0.426. The van der Waals surface area contributed by atoms with E-state index in [1.54, 1.807) is 35.4 Å². The largest absolute Gasteiger partial charge is 0.385 e. The van der Waals surface area contributed by atoms with Crippen molar-refractivity contribution in [1.29, 1.82) is 0 Å². The summed E-state index contributed by atoms with van der Waals surface area (Å²) in [5.74, 6) is 0.102. The molecule has 6 nitrogen and oxygen atoms in total. The molecule has 0 unspecified atom stereocenters. The lowest BCUT2D eigenvalue weighted by Gasteiger charge is -2.16. The fourth-order valence-corrected chi connectivity index (χ4v) is 3.63. The molecule has 0 spiro atoms. The molecule has 1 aromatic heterocycles. The number of thiophene rings is 1. The third kappa shape index (κ3) is 5.61. The van der Waals surface area contributed by atoms with Gasteiger partial charge in [0.1, 0.15) is 0 Å². The average Bonchev–Trinajstić information content (AvgIpc) is 2.96. The first-order chi connectivity index (χ1) is 11.5. The van der Waals surface area contributed by atoms with Crippen LogP contribution in [0.15, 0.2) is 40.2 Å². The zero-order valence-electron chi connectivity index (χ0n) is 13.2. The summed E-state index contributed by atoms with van der Waals surface area (Å²) in [6.45, 7) is 1.26. The molecular weight excluding hydrogens is 394 g/mol. The Kier molecular flexibility index (Phi) is 6.74. The Labute approximate surface area is 152 Å². The Morgan fingerprint density at radius 2 is 2.08 bits per heavy atom. The van der Waals surface area contributed by atoms with Crippen molar-refractivity contribution < 1.29 is 9.72 Å². The second-order valence-electron chi connectivity index (χ2n) is 5.32. The van der Waals surface area contributed by atoms with Crippen LogP contribution in [0.4, 0.5) is 11.4 Å². The molecular formula is C16H18BrN3O3S. The number of rotatable bonds is 8. The lowest BCUT2D eigenvalue weighted by molar-refractivity contribution is -0.384. The summed E-state index contributed by atoms with van der Waals surface area (Å²) in [6, 6.07) is 8.27. The van der Waals surface area contributed by atoms with Crippen LogP contribution in [-0.4, -0.2) is 29.3 Å². The molecule has 0 saturated heterocycles. The Balaban J connectivity index is 1.69. The van der Waals surface area contributed by atoms with E-state index in [-0.39, 0.29) is 11.6 Å². The highest BCUT2D eigenvalue weighted by Crippen LogP contribution is 2.21. The van der Waals surface area contributed by atoms with Gasteiger partial charge < -0.3 is 10.2 Å². The van der Waals surface area contributed by atoms with Crippen molar-refractivity contribution in [3.8, 4) is 0 Å². The number of nitrogens with one attached hydrogen (secondary N) is 1. The molecule has 24 heavy (non-hydrogen) atoms. The number of non-ortho nitro benzene ring substituents is 1. The molecule has 0 aliphatic carbocycles. The van der Waals surface area contributed by atoms with Gasteiger partial charge in [-0.25, -0.2) is 0 Å². The van der Waals surface area contributed by atoms with Crippen molar-refractivity contribution in [3.63, 3.8) is 0 Å². The SMILES string of the molecule is CN(Cc1cc(Br)cs1)C(=O)CCCNc1ccc([N+](=O)[O-])cc1. The molecule has 8 heteroatoms. The van der Waals surface area contributed by atoms with E-state index >= 15 is 0 Å². The summed E-state index contributed by atoms with van der Waals surface area (Å²) >= 11 is 5.03. The van der Waals surface area contributed by atoms with Gasteiger partial charge in [0, 0.05) is 52.6 Å². The molecule has 1 aromatic carbocycles. The van der Waals surface area contributed by atoms with Crippen LogP contribution >= 0.6 is 27.3 Å². The first-order valence-electron chi connectivity index (χ1n) is 7.41. The van der Waals surface area contributed by atoms with Crippen LogP contribution < -0.4 is 5.32 Å². The number of carbonyl (C=O) groups is 1. The number of amides is 1. The van der Waals surface area contributed by atoms with Crippen LogP contribution in [0.25, 0.3) is 0 Å². The Morgan fingerprint density at radius 1 is 1.38 bits per heavy atom. The van der Waals surface area contributed by atoms with Gasteiger partial charge >= 0.3 is 0 Å². The number of carbonyl (C=O) groups excluding carboxylic acids is 1. The Hall–Kier alpha value is -1.93. The number of nitro groups is 1. The van der Waals surface area contributed by atoms with Gasteiger partial charge in [0.2, 0.25) is 5.91 Å². The maximum absolute atomic E-state index is 12.1. The monoisotopic (exact) mass is 411 g/mol. The van der Waals surface area contributed by atoms with E-state index in [2.05, 4.69) is 21.2 Å². The molecule has 128 valence electrons. The number of hydrogen-bond acceptors (Lipinski definition) is 5. The predicted octanol–water partition coefficient (Wildman–Crippen LogP) is 4.27. The second kappa shape index (κ2) is 8.79. The summed E-state index contributed by atoms with van der Waals surface area (Å²) in [7, 11) is 1.81. The maximum Gasteiger partial charge on any atom is 0.269 e. The van der Waals surface area contributed by atoms with Gasteiger partial charge in [0.25, 0.3) is 5.69 Å². The molecule has 0 saturated carbocycles. The van der Waals surface area contributed by atoms with E-state index in [9.17, 15) is 14.9 Å². The smallest absolute Gasteiger partial charge is 0.269 e. The minimum Gasteiger partial charge on any atom is -0.385 e. The number of halogens is 1. The van der Waals surface area contributed by atoms with Gasteiger partial charge in [-0.05, 0) is 40.5 Å². The van der Waals surface area contributed by atoms with E-state index in [4.69, 9.17) is 0 Å². The fourth-order valence-electron chi connectivity index (χ4n) is 2.12. The highest BCUT2D eigenvalue weighted by Gasteiger charge is 2.10. The first kappa shape index (κ1) is 18.4. The van der Waals surface area contributed by atoms with Gasteiger partial charge in [0.15, 0.2) is 0 Å². The van der Waals surface area contributed by atoms with E-state index < -0.39 is 4.92 Å². The molecule has 1 heterocycles. The molecule has 1 amide bonds. The van der Waals surface area contributed by atoms with E-state index in [0.717, 1.165) is 15.0 Å². The summed E-state index contributed by atoms with van der Waals surface area (Å²) < 4.78 is 1.04. The quantitative estimate of drug-likeness (QED) is 0.399. The van der Waals surface area contributed by atoms with Crippen LogP contribution in [0.5, 0.6) is 0 Å². The van der Waals surface area contributed by atoms with Gasteiger partial charge in [-0.15, -0.1) is 11.3 Å². The molecule has 0 aliphatic heterocycles. The Bertz CT molecular complexity index is 703. The average molecular weight is 412 g/mol. The van der Waals surface area contributed by atoms with Gasteiger partial charge in [0.05, 0.1) is 11.5 Å². The van der Waals surface area contributed by atoms with E-state index in [1.165, 1.54) is 12.1 Å². The Morgan fingerprint density at radius 3 is 2.67 bits per heavy atom. The van der Waals surface area contributed by atoms with Gasteiger partial charge in [-0.3, -0.25) is 14.9 Å². The maximum atomic E-state index is 12.1. The molecule has 0 fully saturated rings. The molecule has 2 rings (SSSR count). The van der Waals surface area contributed by atoms with Crippen molar-refractivity contribution in [2.24, 2.45) is 0 Å². The molecule has 0 aliphatic rings. The van der Waals surface area contributed by atoms with Crippen molar-refractivity contribution in [2.45, 2.75) is 19.4 Å². The predicted molar refractivity (Wildman–Crippen MR) is 99.3 cm³/mol. The molecule has 2 aromatic rings. The highest BCUT2D eigenvalue weighted by atomic mass is 79.9. The minimum absolute atomic E-state index is 0.0672. The molecule has 0 bridgehead atoms. The van der Waals surface area contributed by atoms with E-state index in [0.29, 0.717) is 25.9 Å². The first-order valence-corrected chi connectivity index (χ1v) is 9.08. The summed E-state index contributed by atoms with van der Waals surface area (Å²) in [5.41, 5.74) is 0.877. The van der Waals surface area contributed by atoms with Crippen LogP contribution in [0.3, 0.4) is 0 Å². The van der Waals surface area contributed by atoms with E-state index in [1.807, 2.05) is 11.4 Å². The lowest BCUT2D eigenvalue weighted by atomic mass is 10.2. The van der Waals surface area contributed by atoms with Gasteiger partial charge in [-0.1, -0.05) is 0 Å². The topological polar surface area (TPSA) is 75.5 Å². The van der Waals surface area contributed by atoms with Crippen molar-refractivity contribution in [1.82, 2.24) is 4.90 Å². The lowest BCUT2D eigenvalue weighted by Crippen LogP contribution is -2.26. The van der Waals surface area contributed by atoms with Crippen molar-refractivity contribution >= 4 is 44.5 Å². The third-order valence-corrected chi connectivity index (χ3v) is 5.10. The third-order valence-electron chi connectivity index (χ3n) is 3.42. The molecule has 0 atom stereocenters. The normalized spacial score (nSPS) is 10.4. The zero-order valence-corrected chi connectivity index (χ0v) is 15.6. The summed E-state index contributed by atoms with van der Waals surface area (Å²) in [4.78, 5) is 25.1. The van der Waals surface area contributed by atoms with Crippen molar-refractivity contribution in [3.05, 3.63) is 55.2 Å². The second-order valence-corrected chi connectivity index (χ2v) is 7.23. The van der Waals surface area contributed by atoms with Crippen LogP contribution in [0.2, 0.25) is 0 Å². The molecule has 0 radical (unpaired) electrons. The number of nitro benzene ring substituents is 1. The number of nitrogens with zero attached hydrogens (tertiary/aromatic N) is 2. The van der Waals surface area contributed by atoms with Gasteiger partial charge in [-0.2, -0.15) is 0 Å². The zero-order chi connectivity index (χ0) is 17.5.